The number of hydrogen-bond acceptors (Lipinski definition) is 4. The van der Waals surface area contributed by atoms with E-state index >= 15 is 0 Å². The molecule has 158 valence electrons. The van der Waals surface area contributed by atoms with Crippen molar-refractivity contribution in [1.82, 2.24) is 10.6 Å². The SMILES string of the molecule is CCNC(=NCc1ccc(F)c(C)c1)NCc1ccc(OC)c(C(=O)OC)c1.I. The third-order valence-corrected chi connectivity index (χ3v) is 4.12. The molecule has 0 unspecified atom stereocenters. The molecule has 6 nitrogen and oxygen atoms in total. The molecule has 0 amide bonds. The molecule has 0 aliphatic carbocycles. The van der Waals surface area contributed by atoms with Crippen molar-refractivity contribution in [3.05, 3.63) is 64.5 Å². The third-order valence-electron chi connectivity index (χ3n) is 4.12. The number of aryl methyl sites for hydroxylation is 1. The fourth-order valence-corrected chi connectivity index (χ4v) is 2.64. The van der Waals surface area contributed by atoms with Gasteiger partial charge in [0.25, 0.3) is 0 Å². The quantitative estimate of drug-likeness (QED) is 0.254. The Balaban J connectivity index is 0.00000420. The van der Waals surface area contributed by atoms with E-state index in [0.29, 0.717) is 42.5 Å². The van der Waals surface area contributed by atoms with Crippen LogP contribution < -0.4 is 15.4 Å². The summed E-state index contributed by atoms with van der Waals surface area (Å²) < 4.78 is 23.4. The maximum atomic E-state index is 13.4. The van der Waals surface area contributed by atoms with E-state index in [1.807, 2.05) is 13.0 Å². The van der Waals surface area contributed by atoms with Crippen LogP contribution in [0.1, 0.15) is 34.0 Å². The molecule has 0 bridgehead atoms. The molecule has 0 saturated carbocycles. The van der Waals surface area contributed by atoms with Gasteiger partial charge in [-0.15, -0.1) is 24.0 Å². The molecule has 8 heteroatoms. The van der Waals surface area contributed by atoms with Crippen molar-refractivity contribution in [3.8, 4) is 5.75 Å². The zero-order chi connectivity index (χ0) is 20.5. The molecule has 0 spiro atoms. The van der Waals surface area contributed by atoms with Gasteiger partial charge in [-0.25, -0.2) is 14.2 Å². The highest BCUT2D eigenvalue weighted by molar-refractivity contribution is 14.0. The highest BCUT2D eigenvalue weighted by Gasteiger charge is 2.13. The Kier molecular flexibility index (Phi) is 10.4. The second kappa shape index (κ2) is 12.3. The largest absolute Gasteiger partial charge is 0.496 e. The van der Waals surface area contributed by atoms with Gasteiger partial charge in [-0.05, 0) is 48.7 Å². The number of nitrogens with one attached hydrogen (secondary N) is 2. The molecular formula is C21H27FIN3O3. The molecule has 0 aliphatic heterocycles. The first-order valence-corrected chi connectivity index (χ1v) is 9.01. The lowest BCUT2D eigenvalue weighted by Crippen LogP contribution is -2.36. The normalized spacial score (nSPS) is 10.7. The second-order valence-electron chi connectivity index (χ2n) is 6.16. The van der Waals surface area contributed by atoms with Crippen LogP contribution in [0, 0.1) is 12.7 Å². The third kappa shape index (κ3) is 7.19. The zero-order valence-corrected chi connectivity index (χ0v) is 19.4. The molecule has 2 aromatic rings. The Hall–Kier alpha value is -2.36. The molecule has 2 rings (SSSR count). The van der Waals surface area contributed by atoms with Gasteiger partial charge in [0.05, 0.1) is 20.8 Å². The van der Waals surface area contributed by atoms with Crippen molar-refractivity contribution in [3.63, 3.8) is 0 Å². The smallest absolute Gasteiger partial charge is 0.341 e. The number of hydrogen-bond donors (Lipinski definition) is 2. The van der Waals surface area contributed by atoms with Gasteiger partial charge in [-0.3, -0.25) is 0 Å². The van der Waals surface area contributed by atoms with Crippen LogP contribution in [0.15, 0.2) is 41.4 Å². The minimum Gasteiger partial charge on any atom is -0.496 e. The van der Waals surface area contributed by atoms with E-state index < -0.39 is 5.97 Å². The van der Waals surface area contributed by atoms with Gasteiger partial charge in [0, 0.05) is 13.1 Å². The number of esters is 1. The van der Waals surface area contributed by atoms with E-state index in [4.69, 9.17) is 9.47 Å². The van der Waals surface area contributed by atoms with Gasteiger partial charge in [0.2, 0.25) is 0 Å². The number of guanidine groups is 1. The summed E-state index contributed by atoms with van der Waals surface area (Å²) in [6.45, 7) is 5.29. The number of benzene rings is 2. The van der Waals surface area contributed by atoms with Crippen LogP contribution in [0.2, 0.25) is 0 Å². The molecule has 0 radical (unpaired) electrons. The number of ether oxygens (including phenoxy) is 2. The Morgan fingerprint density at radius 2 is 1.83 bits per heavy atom. The second-order valence-corrected chi connectivity index (χ2v) is 6.16. The summed E-state index contributed by atoms with van der Waals surface area (Å²) in [5, 5.41) is 6.40. The predicted octanol–water partition coefficient (Wildman–Crippen LogP) is 3.80. The van der Waals surface area contributed by atoms with E-state index in [-0.39, 0.29) is 29.8 Å². The molecule has 0 aromatic heterocycles. The van der Waals surface area contributed by atoms with Crippen LogP contribution in [0.4, 0.5) is 4.39 Å². The van der Waals surface area contributed by atoms with Crippen LogP contribution in [-0.2, 0) is 17.8 Å². The average Bonchev–Trinajstić information content (AvgIpc) is 2.71. The molecule has 0 saturated heterocycles. The lowest BCUT2D eigenvalue weighted by atomic mass is 10.1. The summed E-state index contributed by atoms with van der Waals surface area (Å²) in [7, 11) is 2.84. The predicted molar refractivity (Wildman–Crippen MR) is 123 cm³/mol. The number of carbonyl (C=O) groups is 1. The maximum absolute atomic E-state index is 13.4. The van der Waals surface area contributed by atoms with Gasteiger partial charge in [-0.1, -0.05) is 18.2 Å². The summed E-state index contributed by atoms with van der Waals surface area (Å²) in [5.41, 5.74) is 2.77. The average molecular weight is 515 g/mol. The van der Waals surface area contributed by atoms with Crippen molar-refractivity contribution in [2.24, 2.45) is 4.99 Å². The molecule has 0 fully saturated rings. The summed E-state index contributed by atoms with van der Waals surface area (Å²) in [4.78, 5) is 16.4. The fraction of sp³-hybridized carbons (Fsp3) is 0.333. The molecule has 2 N–H and O–H groups in total. The lowest BCUT2D eigenvalue weighted by Gasteiger charge is -2.13. The fourth-order valence-electron chi connectivity index (χ4n) is 2.64. The number of aliphatic imine (C=N–C) groups is 1. The first-order chi connectivity index (χ1) is 13.5. The maximum Gasteiger partial charge on any atom is 0.341 e. The summed E-state index contributed by atoms with van der Waals surface area (Å²) in [6, 6.07) is 10.3. The van der Waals surface area contributed by atoms with E-state index in [9.17, 15) is 9.18 Å². The number of carbonyl (C=O) groups excluding carboxylic acids is 1. The van der Waals surface area contributed by atoms with Gasteiger partial charge < -0.3 is 20.1 Å². The van der Waals surface area contributed by atoms with Gasteiger partial charge in [-0.2, -0.15) is 0 Å². The number of nitrogens with zero attached hydrogens (tertiary/aromatic N) is 1. The summed E-state index contributed by atoms with van der Waals surface area (Å²) in [5.74, 6) is 0.410. The monoisotopic (exact) mass is 515 g/mol. The lowest BCUT2D eigenvalue weighted by molar-refractivity contribution is 0.0597. The first-order valence-electron chi connectivity index (χ1n) is 9.01. The number of halogens is 2. The molecule has 2 aromatic carbocycles. The van der Waals surface area contributed by atoms with Crippen LogP contribution in [-0.4, -0.2) is 32.7 Å². The molecule has 0 heterocycles. The van der Waals surface area contributed by atoms with Crippen LogP contribution in [0.5, 0.6) is 5.75 Å². The standard InChI is InChI=1S/C21H26FN3O3.HI/c1-5-23-21(24-12-15-6-8-18(22)14(2)10-15)25-13-16-7-9-19(27-3)17(11-16)20(26)28-4;/h6-11H,5,12-13H2,1-4H3,(H2,23,24,25);1H. The minimum absolute atomic E-state index is 0. The highest BCUT2D eigenvalue weighted by Crippen LogP contribution is 2.20. The van der Waals surface area contributed by atoms with Gasteiger partial charge >= 0.3 is 5.97 Å². The highest BCUT2D eigenvalue weighted by atomic mass is 127. The Bertz CT molecular complexity index is 859. The van der Waals surface area contributed by atoms with Crippen molar-refractivity contribution in [2.45, 2.75) is 26.9 Å². The zero-order valence-electron chi connectivity index (χ0n) is 17.0. The molecular weight excluding hydrogens is 488 g/mol. The molecule has 29 heavy (non-hydrogen) atoms. The van der Waals surface area contributed by atoms with Crippen LogP contribution >= 0.6 is 24.0 Å². The number of methoxy groups -OCH3 is 2. The van der Waals surface area contributed by atoms with Gasteiger partial charge in [0.1, 0.15) is 17.1 Å². The van der Waals surface area contributed by atoms with Gasteiger partial charge in [0.15, 0.2) is 5.96 Å². The minimum atomic E-state index is -0.453. The van der Waals surface area contributed by atoms with E-state index in [2.05, 4.69) is 15.6 Å². The topological polar surface area (TPSA) is 72.0 Å². The van der Waals surface area contributed by atoms with E-state index in [1.54, 1.807) is 31.2 Å². The van der Waals surface area contributed by atoms with E-state index in [1.165, 1.54) is 20.3 Å². The Labute approximate surface area is 187 Å². The van der Waals surface area contributed by atoms with Crippen LogP contribution in [0.25, 0.3) is 0 Å². The van der Waals surface area contributed by atoms with Crippen molar-refractivity contribution in [1.29, 1.82) is 0 Å². The van der Waals surface area contributed by atoms with Crippen molar-refractivity contribution >= 4 is 35.9 Å². The van der Waals surface area contributed by atoms with Crippen LogP contribution in [0.3, 0.4) is 0 Å². The summed E-state index contributed by atoms with van der Waals surface area (Å²) >= 11 is 0. The van der Waals surface area contributed by atoms with E-state index in [0.717, 1.165) is 11.1 Å². The Morgan fingerprint density at radius 3 is 2.45 bits per heavy atom. The molecule has 0 atom stereocenters. The number of rotatable bonds is 7. The summed E-state index contributed by atoms with van der Waals surface area (Å²) in [6.07, 6.45) is 0. The first kappa shape index (κ1) is 24.7. The molecule has 0 aliphatic rings. The van der Waals surface area contributed by atoms with Crippen molar-refractivity contribution < 1.29 is 18.7 Å². The van der Waals surface area contributed by atoms with Crippen molar-refractivity contribution in [2.75, 3.05) is 20.8 Å². The Morgan fingerprint density at radius 1 is 1.10 bits per heavy atom.